The van der Waals surface area contributed by atoms with Crippen molar-refractivity contribution in [2.75, 3.05) is 10.6 Å². The number of nitrogens with two attached hydrogens (primary N) is 1. The van der Waals surface area contributed by atoms with Gasteiger partial charge >= 0.3 is 6.09 Å². The first-order chi connectivity index (χ1) is 30.2. The molecule has 0 aliphatic heterocycles. The Morgan fingerprint density at radius 3 is 1.41 bits per heavy atom. The highest BCUT2D eigenvalue weighted by molar-refractivity contribution is 6.05. The third-order valence-corrected chi connectivity index (χ3v) is 12.1. The fraction of sp³-hybridized carbons (Fsp3) is 0.468. The molecule has 16 heteroatoms. The van der Waals surface area contributed by atoms with Crippen LogP contribution in [0.4, 0.5) is 16.4 Å². The molecule has 0 bridgehead atoms. The number of carbonyl (C=O) groups is 5. The van der Waals surface area contributed by atoms with Crippen molar-refractivity contribution in [2.24, 2.45) is 5.73 Å². The quantitative estimate of drug-likeness (QED) is 0.123. The standard InChI is InChI=1S/C26H33N5O4.C21H25N5O2/c1-25(2,3)35-24(34)31-26(11-7-4-8-12-26)23(33)30-21-20(27-13-14-28-21)22(32)29-19-15-17-9-5-6-10-18(17)16-19;22-21(8-4-1-5-9-21)20(28)26-18-17(23-10-11-24-18)19(27)25-16-12-14-6-2-3-7-15(14)13-16/h5-6,9-10,13-14,19H,4,7-8,11-12,15-16H2,1-3H3,(H,29,32)(H,31,34)(H,28,30,33);2-3,6-7,10-11,16H,1,4-5,8-9,12-13,22H2,(H,25,27)(H,24,26,28). The molecule has 7 N–H and O–H groups in total. The average molecular weight is 859 g/mol. The van der Waals surface area contributed by atoms with Crippen LogP contribution in [0.1, 0.15) is 128 Å². The summed E-state index contributed by atoms with van der Waals surface area (Å²) in [6.45, 7) is 5.31. The van der Waals surface area contributed by atoms with E-state index >= 15 is 0 Å². The van der Waals surface area contributed by atoms with Gasteiger partial charge in [0.25, 0.3) is 17.7 Å². The monoisotopic (exact) mass is 858 g/mol. The number of hydrogen-bond acceptors (Lipinski definition) is 11. The lowest BCUT2D eigenvalue weighted by molar-refractivity contribution is -0.124. The summed E-state index contributed by atoms with van der Waals surface area (Å²) in [4.78, 5) is 81.4. The molecule has 16 nitrogen and oxygen atoms in total. The number of fused-ring (bicyclic) bond motifs is 2. The highest BCUT2D eigenvalue weighted by atomic mass is 16.6. The number of nitrogens with one attached hydrogen (secondary N) is 5. The topological polar surface area (TPSA) is 232 Å². The van der Waals surface area contributed by atoms with Gasteiger partial charge < -0.3 is 37.1 Å². The first-order valence-corrected chi connectivity index (χ1v) is 22.0. The Bertz CT molecular complexity index is 2270. The number of amides is 5. The van der Waals surface area contributed by atoms with Crippen LogP contribution >= 0.6 is 0 Å². The smallest absolute Gasteiger partial charge is 0.408 e. The second kappa shape index (κ2) is 19.4. The zero-order valence-electron chi connectivity index (χ0n) is 36.3. The van der Waals surface area contributed by atoms with Crippen molar-refractivity contribution in [1.29, 1.82) is 0 Å². The Morgan fingerprint density at radius 1 is 0.587 bits per heavy atom. The minimum absolute atomic E-state index is 0.00894. The first kappa shape index (κ1) is 44.8. The van der Waals surface area contributed by atoms with Crippen molar-refractivity contribution in [3.63, 3.8) is 0 Å². The molecule has 0 spiro atoms. The zero-order valence-corrected chi connectivity index (χ0v) is 36.3. The Morgan fingerprint density at radius 2 is 0.984 bits per heavy atom. The van der Waals surface area contributed by atoms with Crippen LogP contribution in [-0.2, 0) is 40.0 Å². The van der Waals surface area contributed by atoms with Crippen LogP contribution in [0, 0.1) is 0 Å². The largest absolute Gasteiger partial charge is 0.444 e. The summed E-state index contributed by atoms with van der Waals surface area (Å²) in [5, 5.41) is 14.4. The molecule has 63 heavy (non-hydrogen) atoms. The molecule has 2 saturated carbocycles. The minimum atomic E-state index is -1.14. The molecule has 2 aromatic carbocycles. The fourth-order valence-corrected chi connectivity index (χ4v) is 8.95. The predicted octanol–water partition coefficient (Wildman–Crippen LogP) is 5.51. The van der Waals surface area contributed by atoms with Crippen LogP contribution in [0.25, 0.3) is 0 Å². The van der Waals surface area contributed by atoms with E-state index in [1.165, 1.54) is 47.0 Å². The highest BCUT2D eigenvalue weighted by Crippen LogP contribution is 2.31. The zero-order chi connectivity index (χ0) is 44.6. The van der Waals surface area contributed by atoms with E-state index in [4.69, 9.17) is 10.5 Å². The maximum absolute atomic E-state index is 13.5. The van der Waals surface area contributed by atoms with E-state index in [0.717, 1.165) is 64.2 Å². The SMILES string of the molecule is CC(C)(C)OC(=O)NC1(C(=O)Nc2nccnc2C(=O)NC2Cc3ccccc3C2)CCCCC1.NC1(C(=O)Nc2nccnc2C(=O)NC2Cc3ccccc3C2)CCCCC1. The summed E-state index contributed by atoms with van der Waals surface area (Å²) in [5.74, 6) is -1.22. The van der Waals surface area contributed by atoms with Gasteiger partial charge in [0.2, 0.25) is 5.91 Å². The number of alkyl carbamates (subject to hydrolysis) is 1. The lowest BCUT2D eigenvalue weighted by Gasteiger charge is -2.36. The molecule has 2 heterocycles. The summed E-state index contributed by atoms with van der Waals surface area (Å²) >= 11 is 0. The highest BCUT2D eigenvalue weighted by Gasteiger charge is 2.43. The third kappa shape index (κ3) is 11.2. The molecule has 0 atom stereocenters. The first-order valence-electron chi connectivity index (χ1n) is 22.0. The summed E-state index contributed by atoms with van der Waals surface area (Å²) < 4.78 is 5.41. The number of carbonyl (C=O) groups excluding carboxylic acids is 5. The maximum atomic E-state index is 13.5. The molecular formula is C47H58N10O6. The summed E-state index contributed by atoms with van der Waals surface area (Å²) in [7, 11) is 0. The van der Waals surface area contributed by atoms with Crippen molar-refractivity contribution in [3.05, 3.63) is 107 Å². The van der Waals surface area contributed by atoms with Gasteiger partial charge in [-0.1, -0.05) is 87.1 Å². The molecule has 2 fully saturated rings. The third-order valence-electron chi connectivity index (χ3n) is 12.1. The van der Waals surface area contributed by atoms with E-state index in [1.54, 1.807) is 20.8 Å². The molecule has 0 radical (unpaired) electrons. The number of rotatable bonds is 9. The second-order valence-electron chi connectivity index (χ2n) is 18.1. The normalized spacial score (nSPS) is 17.7. The molecule has 4 aliphatic carbocycles. The summed E-state index contributed by atoms with van der Waals surface area (Å²) in [6.07, 6.45) is 15.9. The Kier molecular flexibility index (Phi) is 13.8. The van der Waals surface area contributed by atoms with Crippen molar-refractivity contribution in [3.8, 4) is 0 Å². The van der Waals surface area contributed by atoms with Crippen LogP contribution in [0.2, 0.25) is 0 Å². The number of aromatic nitrogens is 4. The molecule has 4 aromatic rings. The molecule has 5 amide bonds. The van der Waals surface area contributed by atoms with E-state index in [1.807, 2.05) is 24.3 Å². The molecule has 2 aromatic heterocycles. The van der Waals surface area contributed by atoms with E-state index in [2.05, 4.69) is 70.8 Å². The van der Waals surface area contributed by atoms with Gasteiger partial charge in [-0.3, -0.25) is 19.2 Å². The number of nitrogens with zero attached hydrogens (tertiary/aromatic N) is 4. The van der Waals surface area contributed by atoms with E-state index in [-0.39, 0.29) is 46.9 Å². The number of anilines is 2. The van der Waals surface area contributed by atoms with Gasteiger partial charge in [-0.25, -0.2) is 24.7 Å². The lowest BCUT2D eigenvalue weighted by Crippen LogP contribution is -2.58. The lowest BCUT2D eigenvalue weighted by atomic mass is 9.81. The van der Waals surface area contributed by atoms with Crippen molar-refractivity contribution < 1.29 is 28.7 Å². The van der Waals surface area contributed by atoms with Crippen LogP contribution in [-0.4, -0.2) is 78.4 Å². The van der Waals surface area contributed by atoms with Gasteiger partial charge in [-0.15, -0.1) is 0 Å². The predicted molar refractivity (Wildman–Crippen MR) is 237 cm³/mol. The van der Waals surface area contributed by atoms with Gasteiger partial charge in [0.1, 0.15) is 11.1 Å². The molecular weight excluding hydrogens is 801 g/mol. The van der Waals surface area contributed by atoms with Crippen LogP contribution in [0.5, 0.6) is 0 Å². The molecule has 0 unspecified atom stereocenters. The minimum Gasteiger partial charge on any atom is -0.444 e. The van der Waals surface area contributed by atoms with Crippen molar-refractivity contribution in [2.45, 2.75) is 139 Å². The van der Waals surface area contributed by atoms with E-state index in [9.17, 15) is 24.0 Å². The Labute approximate surface area is 367 Å². The summed E-state index contributed by atoms with van der Waals surface area (Å²) in [5.41, 5.74) is 8.67. The van der Waals surface area contributed by atoms with Crippen LogP contribution in [0.3, 0.4) is 0 Å². The van der Waals surface area contributed by atoms with Crippen LogP contribution < -0.4 is 32.3 Å². The summed E-state index contributed by atoms with van der Waals surface area (Å²) in [6, 6.07) is 16.3. The van der Waals surface area contributed by atoms with Gasteiger partial charge in [-0.05, 0) is 94.4 Å². The maximum Gasteiger partial charge on any atom is 0.408 e. The molecule has 8 rings (SSSR count). The average Bonchev–Trinajstić information content (AvgIpc) is 3.87. The van der Waals surface area contributed by atoms with Gasteiger partial charge in [0, 0.05) is 36.9 Å². The van der Waals surface area contributed by atoms with Gasteiger partial charge in [-0.2, -0.15) is 0 Å². The fourth-order valence-electron chi connectivity index (χ4n) is 8.95. The van der Waals surface area contributed by atoms with E-state index < -0.39 is 34.6 Å². The number of ether oxygens (including phenoxy) is 1. The van der Waals surface area contributed by atoms with Gasteiger partial charge in [0.05, 0.1) is 5.54 Å². The van der Waals surface area contributed by atoms with Gasteiger partial charge in [0.15, 0.2) is 23.0 Å². The molecule has 332 valence electrons. The van der Waals surface area contributed by atoms with E-state index in [0.29, 0.717) is 25.7 Å². The van der Waals surface area contributed by atoms with Crippen molar-refractivity contribution >= 4 is 41.4 Å². The Balaban J connectivity index is 0.000000193. The molecule has 4 aliphatic rings. The van der Waals surface area contributed by atoms with Crippen LogP contribution in [0.15, 0.2) is 73.3 Å². The van der Waals surface area contributed by atoms with Crippen molar-refractivity contribution in [1.82, 2.24) is 35.9 Å². The molecule has 0 saturated heterocycles. The Hall–Kier alpha value is -6.29. The number of hydrogen-bond donors (Lipinski definition) is 6. The number of benzene rings is 2. The second-order valence-corrected chi connectivity index (χ2v) is 18.1.